The predicted molar refractivity (Wildman–Crippen MR) is 45.0 cm³/mol. The Hall–Kier alpha value is -0.410. The molecule has 4 rings (SSSR count). The van der Waals surface area contributed by atoms with Crippen molar-refractivity contribution in [3.8, 4) is 0 Å². The lowest BCUT2D eigenvalue weighted by atomic mass is 9.52. The van der Waals surface area contributed by atoms with E-state index in [0.717, 1.165) is 12.8 Å². The molecule has 0 saturated heterocycles. The Bertz CT molecular complexity index is 288. The normalized spacial score (nSPS) is 58.8. The Morgan fingerprint density at radius 2 is 2.00 bits per heavy atom. The summed E-state index contributed by atoms with van der Waals surface area (Å²) in [6, 6.07) is 0. The maximum Gasteiger partial charge on any atom is 0.167 e. The van der Waals surface area contributed by atoms with Crippen LogP contribution in [0.3, 0.4) is 0 Å². The van der Waals surface area contributed by atoms with Gasteiger partial charge in [0.25, 0.3) is 0 Å². The highest BCUT2D eigenvalue weighted by atomic mass is 16.3. The lowest BCUT2D eigenvalue weighted by molar-refractivity contribution is -0.199. The van der Waals surface area contributed by atoms with Gasteiger partial charge in [-0.15, -0.1) is 0 Å². The minimum Gasteiger partial charge on any atom is -0.390 e. The summed E-state index contributed by atoms with van der Waals surface area (Å²) in [7, 11) is 0. The quantitative estimate of drug-likeness (QED) is 0.564. The first kappa shape index (κ1) is 7.94. The van der Waals surface area contributed by atoms with Gasteiger partial charge in [0.15, 0.2) is 5.78 Å². The lowest BCUT2D eigenvalue weighted by Gasteiger charge is -2.56. The molecule has 0 amide bonds. The van der Waals surface area contributed by atoms with Gasteiger partial charge in [0.05, 0.1) is 5.60 Å². The Labute approximate surface area is 76.8 Å². The number of hydrogen-bond acceptors (Lipinski definition) is 3. The molecule has 4 atom stereocenters. The minimum absolute atomic E-state index is 0.00637. The van der Waals surface area contributed by atoms with Gasteiger partial charge in [0.2, 0.25) is 0 Å². The molecule has 0 spiro atoms. The monoisotopic (exact) mass is 182 g/mol. The van der Waals surface area contributed by atoms with E-state index in [1.54, 1.807) is 0 Å². The summed E-state index contributed by atoms with van der Waals surface area (Å²) in [4.78, 5) is 11.7. The number of rotatable bonds is 0. The number of ketones is 1. The number of Topliss-reactive ketones (excluding diaryl/α,β-unsaturated/α-hetero) is 1. The van der Waals surface area contributed by atoms with E-state index in [1.165, 1.54) is 0 Å². The van der Waals surface area contributed by atoms with Gasteiger partial charge < -0.3 is 10.2 Å². The highest BCUT2D eigenvalue weighted by Crippen LogP contribution is 2.55. The number of hydrogen-bond donors (Lipinski definition) is 2. The molecule has 2 N–H and O–H groups in total. The summed E-state index contributed by atoms with van der Waals surface area (Å²) in [6.45, 7) is 0. The van der Waals surface area contributed by atoms with Crippen molar-refractivity contribution in [1.29, 1.82) is 0 Å². The molecule has 3 nitrogen and oxygen atoms in total. The third-order valence-electron chi connectivity index (χ3n) is 3.99. The molecule has 4 aliphatic carbocycles. The van der Waals surface area contributed by atoms with Gasteiger partial charge in [-0.25, -0.2) is 0 Å². The molecular weight excluding hydrogens is 168 g/mol. The van der Waals surface area contributed by atoms with Gasteiger partial charge >= 0.3 is 0 Å². The minimum atomic E-state index is -1.17. The molecule has 4 aliphatic rings. The summed E-state index contributed by atoms with van der Waals surface area (Å²) >= 11 is 0. The van der Waals surface area contributed by atoms with E-state index in [4.69, 9.17) is 0 Å². The summed E-state index contributed by atoms with van der Waals surface area (Å²) in [5.74, 6) is 0.310. The Morgan fingerprint density at radius 3 is 2.62 bits per heavy atom. The summed E-state index contributed by atoms with van der Waals surface area (Å²) < 4.78 is 0. The molecule has 4 bridgehead atoms. The summed E-state index contributed by atoms with van der Waals surface area (Å²) in [5.41, 5.74) is -1.90. The number of carbonyl (C=O) groups excluding carboxylic acids is 1. The molecular formula is C10H14O3. The molecule has 0 aromatic heterocycles. The van der Waals surface area contributed by atoms with Crippen LogP contribution in [0.25, 0.3) is 0 Å². The summed E-state index contributed by atoms with van der Waals surface area (Å²) in [5, 5.41) is 20.1. The molecule has 0 radical (unpaired) electrons. The third kappa shape index (κ3) is 0.891. The van der Waals surface area contributed by atoms with Crippen molar-refractivity contribution in [1.82, 2.24) is 0 Å². The first-order chi connectivity index (χ1) is 6.01. The van der Waals surface area contributed by atoms with E-state index in [9.17, 15) is 15.0 Å². The zero-order valence-corrected chi connectivity index (χ0v) is 7.49. The second-order valence-corrected chi connectivity index (χ2v) is 5.21. The zero-order valence-electron chi connectivity index (χ0n) is 7.49. The Morgan fingerprint density at radius 1 is 1.23 bits per heavy atom. The van der Waals surface area contributed by atoms with Gasteiger partial charge in [-0.1, -0.05) is 0 Å². The van der Waals surface area contributed by atoms with Crippen molar-refractivity contribution in [3.05, 3.63) is 0 Å². The zero-order chi connectivity index (χ0) is 9.27. The van der Waals surface area contributed by atoms with Crippen LogP contribution in [0.1, 0.15) is 32.1 Å². The van der Waals surface area contributed by atoms with Crippen LogP contribution in [0.2, 0.25) is 0 Å². The van der Waals surface area contributed by atoms with E-state index in [2.05, 4.69) is 0 Å². The van der Waals surface area contributed by atoms with Crippen molar-refractivity contribution in [2.45, 2.75) is 43.3 Å². The van der Waals surface area contributed by atoms with Crippen LogP contribution in [-0.4, -0.2) is 27.2 Å². The molecule has 0 aliphatic heterocycles. The fourth-order valence-corrected chi connectivity index (χ4v) is 3.81. The Balaban J connectivity index is 2.06. The second kappa shape index (κ2) is 1.98. The maximum absolute atomic E-state index is 11.7. The first-order valence-electron chi connectivity index (χ1n) is 5.00. The van der Waals surface area contributed by atoms with Crippen LogP contribution in [-0.2, 0) is 4.79 Å². The van der Waals surface area contributed by atoms with Crippen LogP contribution in [0.5, 0.6) is 0 Å². The molecule has 0 aromatic carbocycles. The summed E-state index contributed by atoms with van der Waals surface area (Å²) in [6.07, 6.45) is 3.14. The van der Waals surface area contributed by atoms with Crippen LogP contribution in [0, 0.1) is 11.8 Å². The predicted octanol–water partition coefficient (Wildman–Crippen LogP) is 0.241. The molecule has 0 aromatic rings. The van der Waals surface area contributed by atoms with Crippen molar-refractivity contribution in [2.24, 2.45) is 11.8 Å². The maximum atomic E-state index is 11.7. The van der Waals surface area contributed by atoms with E-state index < -0.39 is 11.2 Å². The molecule has 4 unspecified atom stereocenters. The highest BCUT2D eigenvalue weighted by molar-refractivity contribution is 5.91. The Kier molecular flexibility index (Phi) is 1.21. The van der Waals surface area contributed by atoms with E-state index >= 15 is 0 Å². The van der Waals surface area contributed by atoms with Crippen molar-refractivity contribution in [3.63, 3.8) is 0 Å². The van der Waals surface area contributed by atoms with Crippen LogP contribution >= 0.6 is 0 Å². The number of carbonyl (C=O) groups is 1. The molecule has 0 heterocycles. The number of aliphatic hydroxyl groups is 2. The molecule has 4 saturated carbocycles. The van der Waals surface area contributed by atoms with Gasteiger partial charge in [-0.05, 0) is 31.6 Å². The first-order valence-corrected chi connectivity index (χ1v) is 5.00. The topological polar surface area (TPSA) is 57.5 Å². The lowest BCUT2D eigenvalue weighted by Crippen LogP contribution is -2.64. The van der Waals surface area contributed by atoms with Gasteiger partial charge in [-0.2, -0.15) is 0 Å². The third-order valence-corrected chi connectivity index (χ3v) is 3.99. The SMILES string of the molecule is O=C1C2CC3CC(O)(C2)CC1(O)C3. The van der Waals surface area contributed by atoms with E-state index in [1.807, 2.05) is 0 Å². The van der Waals surface area contributed by atoms with Crippen LogP contribution in [0.15, 0.2) is 0 Å². The largest absolute Gasteiger partial charge is 0.390 e. The second-order valence-electron chi connectivity index (χ2n) is 5.21. The fraction of sp³-hybridized carbons (Fsp3) is 0.900. The average Bonchev–Trinajstić information content (AvgIpc) is 1.96. The fourth-order valence-electron chi connectivity index (χ4n) is 3.81. The van der Waals surface area contributed by atoms with Crippen LogP contribution < -0.4 is 0 Å². The van der Waals surface area contributed by atoms with Gasteiger partial charge in [0.1, 0.15) is 5.60 Å². The van der Waals surface area contributed by atoms with Crippen molar-refractivity contribution < 1.29 is 15.0 Å². The standard InChI is InChI=1S/C10H14O3/c11-8-7-1-6-2-9(12,4-7)5-10(8,13)3-6/h6-7,12-13H,1-5H2. The molecule has 13 heavy (non-hydrogen) atoms. The van der Waals surface area contributed by atoms with E-state index in [-0.39, 0.29) is 18.1 Å². The van der Waals surface area contributed by atoms with Gasteiger partial charge in [-0.3, -0.25) is 4.79 Å². The molecule has 3 heteroatoms. The average molecular weight is 182 g/mol. The van der Waals surface area contributed by atoms with Crippen molar-refractivity contribution >= 4 is 5.78 Å². The van der Waals surface area contributed by atoms with Crippen LogP contribution in [0.4, 0.5) is 0 Å². The van der Waals surface area contributed by atoms with Gasteiger partial charge in [0, 0.05) is 12.3 Å². The molecule has 4 fully saturated rings. The molecule has 72 valence electrons. The highest BCUT2D eigenvalue weighted by Gasteiger charge is 2.61. The van der Waals surface area contributed by atoms with Crippen molar-refractivity contribution in [2.75, 3.05) is 0 Å². The smallest absolute Gasteiger partial charge is 0.167 e. The van der Waals surface area contributed by atoms with E-state index in [0.29, 0.717) is 18.8 Å².